The highest BCUT2D eigenvalue weighted by atomic mass is 16.5. The van der Waals surface area contributed by atoms with Gasteiger partial charge in [-0.05, 0) is 42.5 Å². The lowest BCUT2D eigenvalue weighted by atomic mass is 10.2. The summed E-state index contributed by atoms with van der Waals surface area (Å²) >= 11 is 0. The Morgan fingerprint density at radius 2 is 2.12 bits per heavy atom. The summed E-state index contributed by atoms with van der Waals surface area (Å²) in [6, 6.07) is 9.85. The number of nitriles is 1. The van der Waals surface area contributed by atoms with Crippen LogP contribution in [0.15, 0.2) is 24.3 Å². The van der Waals surface area contributed by atoms with E-state index in [-0.39, 0.29) is 6.61 Å². The summed E-state index contributed by atoms with van der Waals surface area (Å²) in [6.45, 7) is 4.43. The lowest BCUT2D eigenvalue weighted by Gasteiger charge is -2.06. The second-order valence-corrected chi connectivity index (χ2v) is 4.69. The van der Waals surface area contributed by atoms with E-state index in [1.165, 1.54) is 12.0 Å². The van der Waals surface area contributed by atoms with Gasteiger partial charge < -0.3 is 10.1 Å². The summed E-state index contributed by atoms with van der Waals surface area (Å²) in [5, 5.41) is 11.9. The molecule has 1 fully saturated rings. The number of ether oxygens (including phenoxy) is 1. The topological polar surface area (TPSA) is 45.0 Å². The summed E-state index contributed by atoms with van der Waals surface area (Å²) in [5.74, 6) is 2.55. The third-order valence-electron chi connectivity index (χ3n) is 3.24. The molecule has 3 heteroatoms. The Bertz CT molecular complexity index is 394. The van der Waals surface area contributed by atoms with E-state index in [0.29, 0.717) is 0 Å². The van der Waals surface area contributed by atoms with Gasteiger partial charge in [-0.25, -0.2) is 0 Å². The van der Waals surface area contributed by atoms with Crippen molar-refractivity contribution in [1.29, 1.82) is 5.26 Å². The van der Waals surface area contributed by atoms with Crippen molar-refractivity contribution < 1.29 is 4.74 Å². The van der Waals surface area contributed by atoms with E-state index in [1.807, 2.05) is 30.3 Å². The first-order valence-electron chi connectivity index (χ1n) is 6.09. The molecule has 1 aromatic carbocycles. The molecule has 17 heavy (non-hydrogen) atoms. The van der Waals surface area contributed by atoms with Crippen molar-refractivity contribution in [3.05, 3.63) is 29.8 Å². The van der Waals surface area contributed by atoms with Gasteiger partial charge in [0, 0.05) is 6.54 Å². The van der Waals surface area contributed by atoms with E-state index in [9.17, 15) is 0 Å². The number of hydrogen-bond acceptors (Lipinski definition) is 3. The largest absolute Gasteiger partial charge is 0.479 e. The van der Waals surface area contributed by atoms with E-state index in [4.69, 9.17) is 10.00 Å². The molecular weight excluding hydrogens is 212 g/mol. The van der Waals surface area contributed by atoms with Gasteiger partial charge in [0.15, 0.2) is 6.61 Å². The van der Waals surface area contributed by atoms with Crippen molar-refractivity contribution in [2.45, 2.75) is 19.9 Å². The molecule has 90 valence electrons. The Kier molecular flexibility index (Phi) is 4.00. The Balaban J connectivity index is 1.71. The van der Waals surface area contributed by atoms with Gasteiger partial charge in [-0.1, -0.05) is 19.1 Å². The molecule has 1 N–H and O–H groups in total. The van der Waals surface area contributed by atoms with Crippen LogP contribution in [0.2, 0.25) is 0 Å². The van der Waals surface area contributed by atoms with Crippen LogP contribution in [0.5, 0.6) is 5.75 Å². The van der Waals surface area contributed by atoms with Crippen molar-refractivity contribution >= 4 is 0 Å². The van der Waals surface area contributed by atoms with Gasteiger partial charge in [0.05, 0.1) is 0 Å². The number of nitrogens with zero attached hydrogens (tertiary/aromatic N) is 1. The Morgan fingerprint density at radius 3 is 2.71 bits per heavy atom. The fourth-order valence-corrected chi connectivity index (χ4v) is 1.90. The molecule has 0 aliphatic heterocycles. The minimum absolute atomic E-state index is 0.108. The average Bonchev–Trinajstić information content (AvgIpc) is 3.04. The van der Waals surface area contributed by atoms with E-state index in [0.717, 1.165) is 30.7 Å². The molecule has 2 rings (SSSR count). The normalized spacial score (nSPS) is 21.9. The van der Waals surface area contributed by atoms with Gasteiger partial charge in [0.1, 0.15) is 11.8 Å². The van der Waals surface area contributed by atoms with E-state index in [2.05, 4.69) is 12.2 Å². The van der Waals surface area contributed by atoms with Crippen LogP contribution in [0, 0.1) is 23.2 Å². The highest BCUT2D eigenvalue weighted by molar-refractivity contribution is 5.27. The SMILES string of the molecule is CC1CC1CNCc1ccc(OCC#N)cc1. The van der Waals surface area contributed by atoms with Crippen LogP contribution < -0.4 is 10.1 Å². The minimum Gasteiger partial charge on any atom is -0.479 e. The van der Waals surface area contributed by atoms with Crippen molar-refractivity contribution in [3.8, 4) is 11.8 Å². The Hall–Kier alpha value is -1.53. The van der Waals surface area contributed by atoms with Crippen molar-refractivity contribution in [2.75, 3.05) is 13.2 Å². The van der Waals surface area contributed by atoms with Crippen LogP contribution in [-0.4, -0.2) is 13.2 Å². The molecule has 0 radical (unpaired) electrons. The summed E-state index contributed by atoms with van der Waals surface area (Å²) in [4.78, 5) is 0. The lowest BCUT2D eigenvalue weighted by Crippen LogP contribution is -2.16. The second kappa shape index (κ2) is 5.70. The highest BCUT2D eigenvalue weighted by Crippen LogP contribution is 2.36. The van der Waals surface area contributed by atoms with Crippen LogP contribution in [0.4, 0.5) is 0 Å². The standard InChI is InChI=1S/C14H18N2O/c1-11-8-13(11)10-16-9-12-2-4-14(5-3-12)17-7-6-15/h2-5,11,13,16H,7-10H2,1H3. The van der Waals surface area contributed by atoms with Crippen LogP contribution in [-0.2, 0) is 6.54 Å². The maximum atomic E-state index is 8.39. The summed E-state index contributed by atoms with van der Waals surface area (Å²) in [6.07, 6.45) is 1.37. The fourth-order valence-electron chi connectivity index (χ4n) is 1.90. The molecular formula is C14H18N2O. The highest BCUT2D eigenvalue weighted by Gasteiger charge is 2.31. The number of nitrogens with one attached hydrogen (secondary N) is 1. The molecule has 0 spiro atoms. The van der Waals surface area contributed by atoms with Gasteiger partial charge in [-0.15, -0.1) is 0 Å². The monoisotopic (exact) mass is 230 g/mol. The summed E-state index contributed by atoms with van der Waals surface area (Å²) < 4.78 is 5.20. The van der Waals surface area contributed by atoms with Crippen molar-refractivity contribution in [1.82, 2.24) is 5.32 Å². The summed E-state index contributed by atoms with van der Waals surface area (Å²) in [5.41, 5.74) is 1.25. The van der Waals surface area contributed by atoms with Gasteiger partial charge >= 0.3 is 0 Å². The zero-order valence-electron chi connectivity index (χ0n) is 10.1. The zero-order chi connectivity index (χ0) is 12.1. The number of hydrogen-bond donors (Lipinski definition) is 1. The molecule has 1 aromatic rings. The molecule has 1 aliphatic rings. The first-order chi connectivity index (χ1) is 8.29. The predicted molar refractivity (Wildman–Crippen MR) is 66.5 cm³/mol. The van der Waals surface area contributed by atoms with Crippen LogP contribution in [0.1, 0.15) is 18.9 Å². The lowest BCUT2D eigenvalue weighted by molar-refractivity contribution is 0.368. The van der Waals surface area contributed by atoms with Gasteiger partial charge in [-0.3, -0.25) is 0 Å². The van der Waals surface area contributed by atoms with Gasteiger partial charge in [0.25, 0.3) is 0 Å². The number of rotatable bonds is 6. The minimum atomic E-state index is 0.108. The number of benzene rings is 1. The average molecular weight is 230 g/mol. The maximum Gasteiger partial charge on any atom is 0.174 e. The van der Waals surface area contributed by atoms with Crippen LogP contribution >= 0.6 is 0 Å². The van der Waals surface area contributed by atoms with Crippen LogP contribution in [0.3, 0.4) is 0 Å². The van der Waals surface area contributed by atoms with Gasteiger partial charge in [0.2, 0.25) is 0 Å². The Morgan fingerprint density at radius 1 is 1.41 bits per heavy atom. The molecule has 2 atom stereocenters. The molecule has 1 saturated carbocycles. The molecule has 1 aliphatic carbocycles. The van der Waals surface area contributed by atoms with E-state index in [1.54, 1.807) is 0 Å². The van der Waals surface area contributed by atoms with Crippen molar-refractivity contribution in [2.24, 2.45) is 11.8 Å². The third-order valence-corrected chi connectivity index (χ3v) is 3.24. The second-order valence-electron chi connectivity index (χ2n) is 4.69. The first kappa shape index (κ1) is 11.9. The maximum absolute atomic E-state index is 8.39. The summed E-state index contributed by atoms with van der Waals surface area (Å²) in [7, 11) is 0. The molecule has 0 bridgehead atoms. The third kappa shape index (κ3) is 3.76. The quantitative estimate of drug-likeness (QED) is 0.815. The fraction of sp³-hybridized carbons (Fsp3) is 0.500. The molecule has 0 amide bonds. The van der Waals surface area contributed by atoms with Gasteiger partial charge in [-0.2, -0.15) is 5.26 Å². The van der Waals surface area contributed by atoms with Crippen molar-refractivity contribution in [3.63, 3.8) is 0 Å². The van der Waals surface area contributed by atoms with E-state index >= 15 is 0 Å². The smallest absolute Gasteiger partial charge is 0.174 e. The first-order valence-corrected chi connectivity index (χ1v) is 6.09. The molecule has 3 nitrogen and oxygen atoms in total. The van der Waals surface area contributed by atoms with Crippen LogP contribution in [0.25, 0.3) is 0 Å². The Labute approximate surface area is 102 Å². The molecule has 0 aromatic heterocycles. The zero-order valence-corrected chi connectivity index (χ0v) is 10.1. The van der Waals surface area contributed by atoms with E-state index < -0.39 is 0 Å². The molecule has 2 unspecified atom stereocenters. The molecule has 0 heterocycles. The molecule has 0 saturated heterocycles. The predicted octanol–water partition coefficient (Wildman–Crippen LogP) is 2.33.